The molecule has 0 aliphatic carbocycles. The largest absolute Gasteiger partial charge is 0.277 e. The Hall–Kier alpha value is -2.19. The molecule has 0 aromatic heterocycles. The lowest BCUT2D eigenvalue weighted by Crippen LogP contribution is -2.37. The van der Waals surface area contributed by atoms with Gasteiger partial charge in [0.1, 0.15) is 0 Å². The first-order valence-electron chi connectivity index (χ1n) is 7.69. The van der Waals surface area contributed by atoms with Gasteiger partial charge < -0.3 is 0 Å². The summed E-state index contributed by atoms with van der Waals surface area (Å²) in [5.74, 6) is -1.50. The third kappa shape index (κ3) is 2.88. The van der Waals surface area contributed by atoms with E-state index in [4.69, 9.17) is 0 Å². The first-order chi connectivity index (χ1) is 10.7. The number of nitrogens with one attached hydrogen (secondary N) is 1. The van der Waals surface area contributed by atoms with Crippen molar-refractivity contribution in [3.63, 3.8) is 0 Å². The predicted octanol–water partition coefficient (Wildman–Crippen LogP) is 5.16. The highest BCUT2D eigenvalue weighted by molar-refractivity contribution is 5.85. The quantitative estimate of drug-likeness (QED) is 0.640. The van der Waals surface area contributed by atoms with Gasteiger partial charge in [-0.1, -0.05) is 79.7 Å². The van der Waals surface area contributed by atoms with Crippen molar-refractivity contribution in [2.45, 2.75) is 25.7 Å². The Kier molecular flexibility index (Phi) is 4.21. The van der Waals surface area contributed by atoms with Crippen LogP contribution >= 0.6 is 0 Å². The average molecular weight is 293 g/mol. The van der Waals surface area contributed by atoms with Crippen molar-refractivity contribution in [1.82, 2.24) is 5.32 Å². The van der Waals surface area contributed by atoms with E-state index in [1.54, 1.807) is 0 Å². The van der Waals surface area contributed by atoms with Crippen LogP contribution < -0.4 is 5.32 Å². The van der Waals surface area contributed by atoms with E-state index >= 15 is 4.39 Å². The second-order valence-corrected chi connectivity index (χ2v) is 5.51. The molecule has 0 aliphatic heterocycles. The van der Waals surface area contributed by atoms with Gasteiger partial charge in [-0.15, -0.1) is 0 Å². The molecule has 1 unspecified atom stereocenters. The molecular formula is C20H20FN. The predicted molar refractivity (Wildman–Crippen MR) is 90.3 cm³/mol. The van der Waals surface area contributed by atoms with Crippen LogP contribution in [0.4, 0.5) is 4.39 Å². The zero-order valence-corrected chi connectivity index (χ0v) is 12.7. The lowest BCUT2D eigenvalue weighted by atomic mass is 10.00. The number of benzene rings is 3. The van der Waals surface area contributed by atoms with Crippen molar-refractivity contribution >= 4 is 10.8 Å². The minimum atomic E-state index is -1.50. The number of halogens is 1. The summed E-state index contributed by atoms with van der Waals surface area (Å²) >= 11 is 0. The molecule has 3 aromatic carbocycles. The van der Waals surface area contributed by atoms with Crippen LogP contribution in [0.2, 0.25) is 0 Å². The van der Waals surface area contributed by atoms with Crippen LogP contribution in [0.5, 0.6) is 0 Å². The standard InChI is InChI=1S/C20H20FN/c1-2-20(21,18-12-4-3-5-13-18)22-15-17-11-8-10-16-9-6-7-14-19(16)17/h3-14,22H,2,15H2,1H3. The zero-order valence-electron chi connectivity index (χ0n) is 12.7. The van der Waals surface area contributed by atoms with E-state index in [2.05, 4.69) is 29.6 Å². The first kappa shape index (κ1) is 14.7. The summed E-state index contributed by atoms with van der Waals surface area (Å²) in [7, 11) is 0. The van der Waals surface area contributed by atoms with Gasteiger partial charge in [-0.3, -0.25) is 5.32 Å². The van der Waals surface area contributed by atoms with Gasteiger partial charge >= 0.3 is 0 Å². The Morgan fingerprint density at radius 2 is 1.55 bits per heavy atom. The fourth-order valence-electron chi connectivity index (χ4n) is 2.82. The van der Waals surface area contributed by atoms with Crippen molar-refractivity contribution in [2.75, 3.05) is 0 Å². The lowest BCUT2D eigenvalue weighted by molar-refractivity contribution is 0.106. The maximum Gasteiger partial charge on any atom is 0.187 e. The van der Waals surface area contributed by atoms with Crippen LogP contribution in [-0.2, 0) is 12.3 Å². The molecule has 0 bridgehead atoms. The Morgan fingerprint density at radius 1 is 0.864 bits per heavy atom. The summed E-state index contributed by atoms with van der Waals surface area (Å²) < 4.78 is 15.2. The summed E-state index contributed by atoms with van der Waals surface area (Å²) in [6.45, 7) is 2.36. The SMILES string of the molecule is CCC(F)(NCc1cccc2ccccc12)c1ccccc1. The summed E-state index contributed by atoms with van der Waals surface area (Å²) in [5, 5.41) is 5.46. The minimum absolute atomic E-state index is 0.391. The van der Waals surface area contributed by atoms with Gasteiger partial charge in [-0.2, -0.15) is 0 Å². The smallest absolute Gasteiger partial charge is 0.187 e. The van der Waals surface area contributed by atoms with Gasteiger partial charge in [-0.05, 0) is 22.8 Å². The first-order valence-corrected chi connectivity index (χ1v) is 7.69. The Labute approximate surface area is 130 Å². The number of hydrogen-bond donors (Lipinski definition) is 1. The molecule has 3 rings (SSSR count). The minimum Gasteiger partial charge on any atom is -0.277 e. The molecule has 22 heavy (non-hydrogen) atoms. The molecule has 1 N–H and O–H groups in total. The van der Waals surface area contributed by atoms with Crippen molar-refractivity contribution < 1.29 is 4.39 Å². The summed E-state index contributed by atoms with van der Waals surface area (Å²) in [6, 6.07) is 23.7. The van der Waals surface area contributed by atoms with Crippen LogP contribution in [-0.4, -0.2) is 0 Å². The Balaban J connectivity index is 1.86. The van der Waals surface area contributed by atoms with Crippen molar-refractivity contribution in [2.24, 2.45) is 0 Å². The number of rotatable bonds is 5. The summed E-state index contributed by atoms with van der Waals surface area (Å²) in [5.41, 5.74) is 1.79. The highest BCUT2D eigenvalue weighted by atomic mass is 19.1. The maximum absolute atomic E-state index is 15.2. The van der Waals surface area contributed by atoms with Crippen LogP contribution in [0.15, 0.2) is 72.8 Å². The molecule has 1 nitrogen and oxygen atoms in total. The molecule has 0 radical (unpaired) electrons. The Bertz CT molecular complexity index is 749. The number of hydrogen-bond acceptors (Lipinski definition) is 1. The summed E-state index contributed by atoms with van der Waals surface area (Å²) in [6.07, 6.45) is 0.391. The van der Waals surface area contributed by atoms with Crippen LogP contribution in [0.3, 0.4) is 0 Å². The highest BCUT2D eigenvalue weighted by Crippen LogP contribution is 2.28. The average Bonchev–Trinajstić information content (AvgIpc) is 2.60. The van der Waals surface area contributed by atoms with Crippen LogP contribution in [0.25, 0.3) is 10.8 Å². The molecule has 3 aromatic rings. The van der Waals surface area contributed by atoms with E-state index in [9.17, 15) is 0 Å². The fourth-order valence-corrected chi connectivity index (χ4v) is 2.82. The molecule has 0 fully saturated rings. The van der Waals surface area contributed by atoms with Gasteiger partial charge in [0.25, 0.3) is 0 Å². The monoisotopic (exact) mass is 293 g/mol. The third-order valence-electron chi connectivity index (χ3n) is 4.16. The molecule has 0 amide bonds. The van der Waals surface area contributed by atoms with Gasteiger partial charge in [0, 0.05) is 12.1 Å². The Morgan fingerprint density at radius 3 is 2.32 bits per heavy atom. The second-order valence-electron chi connectivity index (χ2n) is 5.51. The fraction of sp³-hybridized carbons (Fsp3) is 0.200. The number of alkyl halides is 1. The molecule has 112 valence electrons. The third-order valence-corrected chi connectivity index (χ3v) is 4.16. The summed E-state index contributed by atoms with van der Waals surface area (Å²) in [4.78, 5) is 0. The van der Waals surface area contributed by atoms with Crippen LogP contribution in [0, 0.1) is 0 Å². The molecular weight excluding hydrogens is 273 g/mol. The van der Waals surface area contributed by atoms with Crippen molar-refractivity contribution in [3.05, 3.63) is 83.9 Å². The van der Waals surface area contributed by atoms with E-state index in [1.807, 2.05) is 55.5 Å². The topological polar surface area (TPSA) is 12.0 Å². The van der Waals surface area contributed by atoms with E-state index in [0.717, 1.165) is 5.56 Å². The van der Waals surface area contributed by atoms with E-state index in [-0.39, 0.29) is 0 Å². The highest BCUT2D eigenvalue weighted by Gasteiger charge is 2.28. The van der Waals surface area contributed by atoms with Crippen molar-refractivity contribution in [1.29, 1.82) is 0 Å². The van der Waals surface area contributed by atoms with Gasteiger partial charge in [0.15, 0.2) is 5.79 Å². The van der Waals surface area contributed by atoms with Gasteiger partial charge in [0.2, 0.25) is 0 Å². The maximum atomic E-state index is 15.2. The van der Waals surface area contributed by atoms with Crippen LogP contribution in [0.1, 0.15) is 24.5 Å². The molecule has 2 heteroatoms. The molecule has 0 spiro atoms. The normalized spacial score (nSPS) is 13.9. The van der Waals surface area contributed by atoms with E-state index in [1.165, 1.54) is 10.8 Å². The van der Waals surface area contributed by atoms with E-state index in [0.29, 0.717) is 18.5 Å². The molecule has 0 saturated carbocycles. The van der Waals surface area contributed by atoms with Gasteiger partial charge in [-0.25, -0.2) is 4.39 Å². The molecule has 0 aliphatic rings. The zero-order chi connectivity index (χ0) is 15.4. The second kappa shape index (κ2) is 6.29. The molecule has 1 atom stereocenters. The van der Waals surface area contributed by atoms with Crippen molar-refractivity contribution in [3.8, 4) is 0 Å². The molecule has 0 heterocycles. The lowest BCUT2D eigenvalue weighted by Gasteiger charge is -2.26. The number of fused-ring (bicyclic) bond motifs is 1. The van der Waals surface area contributed by atoms with Gasteiger partial charge in [0.05, 0.1) is 0 Å². The van der Waals surface area contributed by atoms with E-state index < -0.39 is 5.79 Å². The molecule has 0 saturated heterocycles.